The fraction of sp³-hybridized carbons (Fsp3) is 0.312. The van der Waals surface area contributed by atoms with Crippen LogP contribution in [0.2, 0.25) is 0 Å². The van der Waals surface area contributed by atoms with Crippen molar-refractivity contribution in [1.29, 1.82) is 0 Å². The summed E-state index contributed by atoms with van der Waals surface area (Å²) in [5.74, 6) is -1.40. The van der Waals surface area contributed by atoms with Crippen LogP contribution in [0.15, 0.2) is 35.4 Å². The third-order valence-corrected chi connectivity index (χ3v) is 5.17. The van der Waals surface area contributed by atoms with E-state index in [1.807, 2.05) is 0 Å². The molecule has 3 rings (SSSR count). The van der Waals surface area contributed by atoms with Gasteiger partial charge in [-0.25, -0.2) is 4.79 Å². The second-order valence-corrected chi connectivity index (χ2v) is 6.98. The third kappa shape index (κ3) is 3.27. The summed E-state index contributed by atoms with van der Waals surface area (Å²) in [5.41, 5.74) is 0.619. The molecule has 0 aliphatic carbocycles. The Morgan fingerprint density at radius 2 is 2.00 bits per heavy atom. The molecular formula is C16H14N2O7S. The smallest absolute Gasteiger partial charge is 0.355 e. The van der Waals surface area contributed by atoms with Crippen LogP contribution in [-0.4, -0.2) is 39.1 Å². The highest BCUT2D eigenvalue weighted by molar-refractivity contribution is 8.03. The van der Waals surface area contributed by atoms with Crippen molar-refractivity contribution in [2.75, 3.05) is 6.61 Å². The number of β-lactam (4-membered cyclic amide) rings is 1. The SMILES string of the molecule is CC(=O)OCC12CC(=O)N1C(C(=O)OCc1ccc([N+](=O)[O-])cc1)=CS2. The molecule has 2 aliphatic heterocycles. The molecule has 26 heavy (non-hydrogen) atoms. The van der Waals surface area contributed by atoms with Crippen LogP contribution in [0.1, 0.15) is 18.9 Å². The van der Waals surface area contributed by atoms with E-state index in [2.05, 4.69) is 0 Å². The first-order valence-electron chi connectivity index (χ1n) is 7.57. The van der Waals surface area contributed by atoms with Gasteiger partial charge in [-0.2, -0.15) is 0 Å². The minimum Gasteiger partial charge on any atom is -0.462 e. The van der Waals surface area contributed by atoms with Crippen LogP contribution in [-0.2, 0) is 30.5 Å². The lowest BCUT2D eigenvalue weighted by molar-refractivity contribution is -0.384. The Morgan fingerprint density at radius 3 is 2.58 bits per heavy atom. The Labute approximate surface area is 152 Å². The summed E-state index contributed by atoms with van der Waals surface area (Å²) in [5, 5.41) is 12.1. The van der Waals surface area contributed by atoms with Gasteiger partial charge in [-0.05, 0) is 17.7 Å². The standard InChI is InChI=1S/C16H14N2O7S/c1-10(19)25-9-16-6-14(20)17(16)13(8-26-16)15(21)24-7-11-2-4-12(5-3-11)18(22)23/h2-5,8H,6-7,9H2,1H3. The Hall–Kier alpha value is -2.88. The molecule has 1 fully saturated rings. The van der Waals surface area contributed by atoms with Crippen molar-refractivity contribution in [3.63, 3.8) is 0 Å². The maximum Gasteiger partial charge on any atom is 0.355 e. The highest BCUT2D eigenvalue weighted by atomic mass is 32.2. The van der Waals surface area contributed by atoms with E-state index in [0.29, 0.717) is 5.56 Å². The van der Waals surface area contributed by atoms with Gasteiger partial charge < -0.3 is 9.47 Å². The molecule has 0 bridgehead atoms. The van der Waals surface area contributed by atoms with Gasteiger partial charge in [-0.1, -0.05) is 11.8 Å². The van der Waals surface area contributed by atoms with Gasteiger partial charge in [0.1, 0.15) is 23.8 Å². The molecule has 0 spiro atoms. The van der Waals surface area contributed by atoms with Crippen LogP contribution in [0.5, 0.6) is 0 Å². The lowest BCUT2D eigenvalue weighted by Gasteiger charge is -2.46. The van der Waals surface area contributed by atoms with E-state index in [-0.39, 0.29) is 36.9 Å². The summed E-state index contributed by atoms with van der Waals surface area (Å²) in [6.45, 7) is 1.18. The van der Waals surface area contributed by atoms with Gasteiger partial charge >= 0.3 is 11.9 Å². The number of thioether (sulfide) groups is 1. The average molecular weight is 378 g/mol. The second-order valence-electron chi connectivity index (χ2n) is 5.75. The van der Waals surface area contributed by atoms with Crippen molar-refractivity contribution in [2.24, 2.45) is 0 Å². The molecule has 0 N–H and O–H groups in total. The van der Waals surface area contributed by atoms with Gasteiger partial charge in [-0.15, -0.1) is 0 Å². The van der Waals surface area contributed by atoms with Crippen molar-refractivity contribution in [1.82, 2.24) is 4.90 Å². The number of benzene rings is 1. The topological polar surface area (TPSA) is 116 Å². The largest absolute Gasteiger partial charge is 0.462 e. The van der Waals surface area contributed by atoms with Crippen molar-refractivity contribution < 1.29 is 28.8 Å². The zero-order valence-corrected chi connectivity index (χ0v) is 14.5. The first-order chi connectivity index (χ1) is 12.3. The summed E-state index contributed by atoms with van der Waals surface area (Å²) in [6.07, 6.45) is 0.167. The van der Waals surface area contributed by atoms with Gasteiger partial charge in [0.2, 0.25) is 5.91 Å². The number of nitrogens with zero attached hydrogens (tertiary/aromatic N) is 2. The van der Waals surface area contributed by atoms with E-state index in [4.69, 9.17) is 9.47 Å². The molecule has 2 heterocycles. The average Bonchev–Trinajstić information content (AvgIpc) is 2.91. The summed E-state index contributed by atoms with van der Waals surface area (Å²) < 4.78 is 10.2. The van der Waals surface area contributed by atoms with Crippen molar-refractivity contribution in [3.8, 4) is 0 Å². The van der Waals surface area contributed by atoms with E-state index in [1.54, 1.807) is 0 Å². The molecule has 1 unspecified atom stereocenters. The van der Waals surface area contributed by atoms with E-state index in [9.17, 15) is 24.5 Å². The second kappa shape index (κ2) is 6.79. The lowest BCUT2D eigenvalue weighted by Crippen LogP contribution is -2.61. The number of carbonyl (C=O) groups excluding carboxylic acids is 3. The predicted octanol–water partition coefficient (Wildman–Crippen LogP) is 1.72. The maximum absolute atomic E-state index is 12.3. The van der Waals surface area contributed by atoms with Crippen LogP contribution in [0, 0.1) is 10.1 Å². The highest BCUT2D eigenvalue weighted by Crippen LogP contribution is 2.51. The molecule has 9 nitrogen and oxygen atoms in total. The van der Waals surface area contributed by atoms with E-state index in [0.717, 1.165) is 0 Å². The molecule has 1 atom stereocenters. The highest BCUT2D eigenvalue weighted by Gasteiger charge is 2.58. The van der Waals surface area contributed by atoms with E-state index >= 15 is 0 Å². The molecular weight excluding hydrogens is 364 g/mol. The molecule has 0 radical (unpaired) electrons. The summed E-state index contributed by atoms with van der Waals surface area (Å²) >= 11 is 1.24. The van der Waals surface area contributed by atoms with Crippen molar-refractivity contribution in [3.05, 3.63) is 51.0 Å². The van der Waals surface area contributed by atoms with Crippen LogP contribution < -0.4 is 0 Å². The predicted molar refractivity (Wildman–Crippen MR) is 89.4 cm³/mol. The number of nitro groups is 1. The molecule has 1 aromatic rings. The number of hydrogen-bond acceptors (Lipinski definition) is 8. The Balaban J connectivity index is 1.61. The molecule has 2 aliphatic rings. The quantitative estimate of drug-likeness (QED) is 0.318. The number of rotatable bonds is 6. The van der Waals surface area contributed by atoms with Gasteiger partial charge in [0.25, 0.3) is 5.69 Å². The number of non-ortho nitro benzene ring substituents is 1. The fourth-order valence-corrected chi connectivity index (χ4v) is 3.81. The maximum atomic E-state index is 12.3. The molecule has 0 saturated carbocycles. The summed E-state index contributed by atoms with van der Waals surface area (Å²) in [6, 6.07) is 5.61. The minimum atomic E-state index is -0.773. The molecule has 10 heteroatoms. The fourth-order valence-electron chi connectivity index (χ4n) is 2.64. The molecule has 1 aromatic carbocycles. The first kappa shape index (κ1) is 17.9. The van der Waals surface area contributed by atoms with Crippen LogP contribution in [0.4, 0.5) is 5.69 Å². The molecule has 0 aromatic heterocycles. The lowest BCUT2D eigenvalue weighted by atomic mass is 10.0. The summed E-state index contributed by atoms with van der Waals surface area (Å²) in [4.78, 5) is 45.8. The minimum absolute atomic E-state index is 0.00558. The molecule has 1 saturated heterocycles. The van der Waals surface area contributed by atoms with Crippen LogP contribution in [0.25, 0.3) is 0 Å². The first-order valence-corrected chi connectivity index (χ1v) is 8.45. The monoisotopic (exact) mass is 378 g/mol. The number of amides is 1. The van der Waals surface area contributed by atoms with Crippen molar-refractivity contribution >= 4 is 35.3 Å². The number of esters is 2. The number of nitro benzene ring substituents is 1. The van der Waals surface area contributed by atoms with Gasteiger partial charge in [0.15, 0.2) is 0 Å². The number of hydrogen-bond donors (Lipinski definition) is 0. The third-order valence-electron chi connectivity index (χ3n) is 3.94. The van der Waals surface area contributed by atoms with Crippen LogP contribution in [0.3, 0.4) is 0 Å². The number of ether oxygens (including phenoxy) is 2. The zero-order valence-electron chi connectivity index (χ0n) is 13.7. The normalized spacial score (nSPS) is 20.7. The zero-order chi connectivity index (χ0) is 18.9. The Kier molecular flexibility index (Phi) is 4.68. The number of carbonyl (C=O) groups is 3. The summed E-state index contributed by atoms with van der Waals surface area (Å²) in [7, 11) is 0. The Bertz CT molecular complexity index is 820. The molecule has 136 valence electrons. The van der Waals surface area contributed by atoms with E-state index in [1.165, 1.54) is 53.3 Å². The van der Waals surface area contributed by atoms with Gasteiger partial charge in [-0.3, -0.25) is 24.6 Å². The molecule has 1 amide bonds. The Morgan fingerprint density at radius 1 is 1.31 bits per heavy atom. The van der Waals surface area contributed by atoms with Crippen LogP contribution >= 0.6 is 11.8 Å². The van der Waals surface area contributed by atoms with Gasteiger partial charge in [0.05, 0.1) is 11.3 Å². The van der Waals surface area contributed by atoms with E-state index < -0.39 is 21.7 Å². The van der Waals surface area contributed by atoms with Crippen molar-refractivity contribution in [2.45, 2.75) is 24.8 Å². The number of fused-ring (bicyclic) bond motifs is 1. The van der Waals surface area contributed by atoms with Gasteiger partial charge in [0, 0.05) is 24.5 Å².